The molecule has 1 unspecified atom stereocenters. The highest BCUT2D eigenvalue weighted by atomic mass is 16.2. The Morgan fingerprint density at radius 3 is 1.55 bits per heavy atom. The van der Waals surface area contributed by atoms with Crippen LogP contribution in [0.5, 0.6) is 0 Å². The highest BCUT2D eigenvalue weighted by molar-refractivity contribution is 5.78. The summed E-state index contributed by atoms with van der Waals surface area (Å²) in [7, 11) is 3.78. The second-order valence-corrected chi connectivity index (χ2v) is 7.04. The van der Waals surface area contributed by atoms with Gasteiger partial charge < -0.3 is 4.90 Å². The third-order valence-electron chi connectivity index (χ3n) is 4.60. The summed E-state index contributed by atoms with van der Waals surface area (Å²) in [4.78, 5) is 13.9. The first kappa shape index (κ1) is 21.5. The molecule has 22 heavy (non-hydrogen) atoms. The van der Waals surface area contributed by atoms with Gasteiger partial charge in [0.25, 0.3) is 0 Å². The van der Waals surface area contributed by atoms with Gasteiger partial charge in [0.05, 0.1) is 0 Å². The van der Waals surface area contributed by atoms with Crippen molar-refractivity contribution in [3.05, 3.63) is 0 Å². The van der Waals surface area contributed by atoms with E-state index in [1.165, 1.54) is 77.0 Å². The Labute approximate surface area is 140 Å². The molecule has 0 aromatic carbocycles. The summed E-state index contributed by atoms with van der Waals surface area (Å²) in [5.74, 6) is 0.605. The Morgan fingerprint density at radius 2 is 1.09 bits per heavy atom. The maximum absolute atomic E-state index is 12.2. The van der Waals surface area contributed by atoms with Gasteiger partial charge in [0, 0.05) is 20.0 Å². The molecule has 0 aromatic heterocycles. The van der Waals surface area contributed by atoms with E-state index in [1.807, 2.05) is 14.1 Å². The third-order valence-corrected chi connectivity index (χ3v) is 4.60. The zero-order valence-corrected chi connectivity index (χ0v) is 15.8. The number of hydrogen-bond donors (Lipinski definition) is 0. The van der Waals surface area contributed by atoms with Gasteiger partial charge in [0.1, 0.15) is 0 Å². The van der Waals surface area contributed by atoms with Crippen LogP contribution in [0.3, 0.4) is 0 Å². The summed E-state index contributed by atoms with van der Waals surface area (Å²) in [6, 6.07) is 0. The van der Waals surface area contributed by atoms with Crippen LogP contribution in [-0.2, 0) is 4.79 Å². The Balaban J connectivity index is 3.61. The van der Waals surface area contributed by atoms with Gasteiger partial charge in [0.2, 0.25) is 5.91 Å². The van der Waals surface area contributed by atoms with Crippen LogP contribution in [0.2, 0.25) is 0 Å². The van der Waals surface area contributed by atoms with Crippen molar-refractivity contribution in [2.75, 3.05) is 14.1 Å². The minimum absolute atomic E-state index is 0.268. The van der Waals surface area contributed by atoms with E-state index < -0.39 is 0 Å². The molecule has 132 valence electrons. The fourth-order valence-electron chi connectivity index (χ4n) is 3.09. The van der Waals surface area contributed by atoms with Gasteiger partial charge in [0.15, 0.2) is 0 Å². The molecule has 0 N–H and O–H groups in total. The van der Waals surface area contributed by atoms with E-state index in [4.69, 9.17) is 0 Å². The molecule has 0 bridgehead atoms. The zero-order valence-electron chi connectivity index (χ0n) is 15.8. The largest absolute Gasteiger partial charge is 0.349 e. The number of hydrogen-bond acceptors (Lipinski definition) is 1. The van der Waals surface area contributed by atoms with Crippen LogP contribution >= 0.6 is 0 Å². The van der Waals surface area contributed by atoms with Crippen molar-refractivity contribution in [1.29, 1.82) is 0 Å². The van der Waals surface area contributed by atoms with Gasteiger partial charge >= 0.3 is 0 Å². The van der Waals surface area contributed by atoms with E-state index in [0.29, 0.717) is 5.91 Å². The Morgan fingerprint density at radius 1 is 0.682 bits per heavy atom. The van der Waals surface area contributed by atoms with E-state index >= 15 is 0 Å². The molecule has 0 aliphatic carbocycles. The first-order chi connectivity index (χ1) is 10.6. The van der Waals surface area contributed by atoms with Crippen LogP contribution in [0.15, 0.2) is 0 Å². The number of nitrogens with zero attached hydrogens (tertiary/aromatic N) is 1. The van der Waals surface area contributed by atoms with Gasteiger partial charge in [-0.05, 0) is 12.8 Å². The van der Waals surface area contributed by atoms with Crippen molar-refractivity contribution in [2.45, 2.75) is 104 Å². The number of rotatable bonds is 15. The Bertz CT molecular complexity index is 250. The minimum atomic E-state index is 0.268. The number of unbranched alkanes of at least 4 members (excludes halogenated alkanes) is 10. The van der Waals surface area contributed by atoms with Gasteiger partial charge in [-0.25, -0.2) is 0 Å². The summed E-state index contributed by atoms with van der Waals surface area (Å²) >= 11 is 0. The van der Waals surface area contributed by atoms with Crippen molar-refractivity contribution >= 4 is 5.91 Å². The minimum Gasteiger partial charge on any atom is -0.349 e. The van der Waals surface area contributed by atoms with Gasteiger partial charge in [-0.1, -0.05) is 90.9 Å². The van der Waals surface area contributed by atoms with E-state index in [1.54, 1.807) is 4.90 Å². The molecule has 0 radical (unpaired) electrons. The fraction of sp³-hybridized carbons (Fsp3) is 0.950. The van der Waals surface area contributed by atoms with E-state index in [2.05, 4.69) is 13.8 Å². The van der Waals surface area contributed by atoms with Crippen LogP contribution in [0.25, 0.3) is 0 Å². The number of amides is 1. The second-order valence-electron chi connectivity index (χ2n) is 7.04. The number of carbonyl (C=O) groups excluding carboxylic acids is 1. The topological polar surface area (TPSA) is 20.3 Å². The summed E-state index contributed by atoms with van der Waals surface area (Å²) < 4.78 is 0. The van der Waals surface area contributed by atoms with E-state index in [0.717, 1.165) is 12.8 Å². The molecule has 0 aliphatic heterocycles. The molecule has 0 spiro atoms. The smallest absolute Gasteiger partial charge is 0.225 e. The average molecular weight is 312 g/mol. The fourth-order valence-corrected chi connectivity index (χ4v) is 3.09. The lowest BCUT2D eigenvalue weighted by molar-refractivity contribution is -0.133. The van der Waals surface area contributed by atoms with Crippen LogP contribution in [0.4, 0.5) is 0 Å². The molecule has 1 atom stereocenters. The molecule has 1 amide bonds. The lowest BCUT2D eigenvalue weighted by Crippen LogP contribution is -2.29. The molecule has 0 heterocycles. The lowest BCUT2D eigenvalue weighted by Gasteiger charge is -2.20. The predicted octanol–water partition coefficient (Wildman–Crippen LogP) is 6.19. The standard InChI is InChI=1S/C20H41NO/c1-5-7-9-10-11-12-13-14-15-16-18-19(17-8-6-2)20(22)21(3)4/h19H,5-18H2,1-4H3. The van der Waals surface area contributed by atoms with Crippen molar-refractivity contribution < 1.29 is 4.79 Å². The Kier molecular flexibility index (Phi) is 15.0. The number of carbonyl (C=O) groups is 1. The molecule has 2 nitrogen and oxygen atoms in total. The van der Waals surface area contributed by atoms with Crippen molar-refractivity contribution in [2.24, 2.45) is 5.92 Å². The van der Waals surface area contributed by atoms with Crippen molar-refractivity contribution in [3.63, 3.8) is 0 Å². The SMILES string of the molecule is CCCCCCCCCCCCC(CCCC)C(=O)N(C)C. The molecule has 0 saturated carbocycles. The normalized spacial score (nSPS) is 12.4. The van der Waals surface area contributed by atoms with Crippen molar-refractivity contribution in [3.8, 4) is 0 Å². The van der Waals surface area contributed by atoms with Crippen LogP contribution in [0.1, 0.15) is 104 Å². The monoisotopic (exact) mass is 311 g/mol. The molecule has 0 saturated heterocycles. The van der Waals surface area contributed by atoms with E-state index in [9.17, 15) is 4.79 Å². The summed E-state index contributed by atoms with van der Waals surface area (Å²) in [6.07, 6.45) is 18.2. The predicted molar refractivity (Wildman–Crippen MR) is 98.2 cm³/mol. The highest BCUT2D eigenvalue weighted by Gasteiger charge is 2.18. The second kappa shape index (κ2) is 15.4. The third kappa shape index (κ3) is 12.1. The highest BCUT2D eigenvalue weighted by Crippen LogP contribution is 2.19. The molecule has 2 heteroatoms. The van der Waals surface area contributed by atoms with Crippen LogP contribution in [0, 0.1) is 5.92 Å². The first-order valence-corrected chi connectivity index (χ1v) is 9.84. The maximum atomic E-state index is 12.2. The first-order valence-electron chi connectivity index (χ1n) is 9.84. The summed E-state index contributed by atoms with van der Waals surface area (Å²) in [5, 5.41) is 0. The van der Waals surface area contributed by atoms with Gasteiger partial charge in [-0.3, -0.25) is 4.79 Å². The Hall–Kier alpha value is -0.530. The molecule has 0 fully saturated rings. The molecule has 0 aliphatic rings. The van der Waals surface area contributed by atoms with Gasteiger partial charge in [-0.15, -0.1) is 0 Å². The zero-order chi connectivity index (χ0) is 16.6. The van der Waals surface area contributed by atoms with Crippen LogP contribution < -0.4 is 0 Å². The summed E-state index contributed by atoms with van der Waals surface area (Å²) in [5.41, 5.74) is 0. The maximum Gasteiger partial charge on any atom is 0.225 e. The van der Waals surface area contributed by atoms with Gasteiger partial charge in [-0.2, -0.15) is 0 Å². The average Bonchev–Trinajstić information content (AvgIpc) is 2.51. The molecular formula is C20H41NO. The molecule has 0 rings (SSSR count). The molecular weight excluding hydrogens is 270 g/mol. The van der Waals surface area contributed by atoms with Crippen LogP contribution in [-0.4, -0.2) is 24.9 Å². The summed E-state index contributed by atoms with van der Waals surface area (Å²) in [6.45, 7) is 4.48. The van der Waals surface area contributed by atoms with Crippen molar-refractivity contribution in [1.82, 2.24) is 4.90 Å². The molecule has 0 aromatic rings. The van der Waals surface area contributed by atoms with E-state index in [-0.39, 0.29) is 5.92 Å². The quantitative estimate of drug-likeness (QED) is 0.330. The lowest BCUT2D eigenvalue weighted by atomic mass is 9.94.